The molecule has 0 saturated carbocycles. The molecule has 1 unspecified atom stereocenters. The molecule has 3 nitrogen and oxygen atoms in total. The summed E-state index contributed by atoms with van der Waals surface area (Å²) in [5.41, 5.74) is 7.44. The van der Waals surface area contributed by atoms with Crippen molar-refractivity contribution in [2.24, 2.45) is 5.92 Å². The Labute approximate surface area is 196 Å². The maximum atomic E-state index is 12.3. The molecule has 0 saturated heterocycles. The largest absolute Gasteiger partial charge is 0.483 e. The monoisotopic (exact) mass is 462 g/mol. The van der Waals surface area contributed by atoms with Gasteiger partial charge in [0.1, 0.15) is 5.75 Å². The van der Waals surface area contributed by atoms with Crippen LogP contribution in [-0.4, -0.2) is 17.8 Å². The van der Waals surface area contributed by atoms with Gasteiger partial charge in [0.15, 0.2) is 6.61 Å². The van der Waals surface area contributed by atoms with E-state index in [1.165, 1.54) is 34.5 Å². The minimum atomic E-state index is -4.38. The molecule has 33 heavy (non-hydrogen) atoms. The van der Waals surface area contributed by atoms with Gasteiger partial charge in [-0.25, -0.2) is 0 Å². The maximum absolute atomic E-state index is 12.3. The van der Waals surface area contributed by atoms with E-state index in [4.69, 9.17) is 4.74 Å². The zero-order valence-electron chi connectivity index (χ0n) is 21.0. The second-order valence-electron chi connectivity index (χ2n) is 8.16. The molecule has 0 spiro atoms. The fraction of sp³-hybridized carbons (Fsp3) is 0.444. The highest BCUT2D eigenvalue weighted by Gasteiger charge is 2.28. The lowest BCUT2D eigenvalue weighted by molar-refractivity contribution is -0.153. The molecule has 1 aromatic carbocycles. The number of alkyl halides is 3. The quantitative estimate of drug-likeness (QED) is 0.430. The molecule has 6 heteroatoms. The number of nitrogens with one attached hydrogen (secondary N) is 1. The van der Waals surface area contributed by atoms with Crippen LogP contribution in [-0.2, 0) is 0 Å². The number of aromatic nitrogens is 1. The van der Waals surface area contributed by atoms with E-state index in [-0.39, 0.29) is 11.8 Å². The average molecular weight is 463 g/mol. The Morgan fingerprint density at radius 2 is 1.73 bits per heavy atom. The van der Waals surface area contributed by atoms with Crippen LogP contribution in [0.4, 0.5) is 13.2 Å². The predicted molar refractivity (Wildman–Crippen MR) is 132 cm³/mol. The van der Waals surface area contributed by atoms with Gasteiger partial charge in [0.2, 0.25) is 0 Å². The Morgan fingerprint density at radius 3 is 2.24 bits per heavy atom. The van der Waals surface area contributed by atoms with Crippen molar-refractivity contribution in [3.05, 3.63) is 71.1 Å². The Bertz CT molecular complexity index is 945. The molecule has 1 heterocycles. The number of rotatable bonds is 8. The number of nitrogens with zero attached hydrogens (tertiary/aromatic N) is 1. The van der Waals surface area contributed by atoms with Gasteiger partial charge in [-0.1, -0.05) is 52.0 Å². The van der Waals surface area contributed by atoms with Crippen LogP contribution in [0, 0.1) is 12.8 Å². The van der Waals surface area contributed by atoms with E-state index in [9.17, 15) is 13.2 Å². The van der Waals surface area contributed by atoms with E-state index in [2.05, 4.69) is 63.6 Å². The molecular formula is C27H37F3N2O. The summed E-state index contributed by atoms with van der Waals surface area (Å²) in [4.78, 5) is 4.23. The number of halogens is 3. The minimum absolute atomic E-state index is 0.0815. The third-order valence-corrected chi connectivity index (χ3v) is 5.44. The Kier molecular flexibility index (Phi) is 10.7. The second kappa shape index (κ2) is 12.5. The molecule has 0 aliphatic carbocycles. The van der Waals surface area contributed by atoms with Crippen molar-refractivity contribution in [2.45, 2.75) is 67.6 Å². The predicted octanol–water partition coefficient (Wildman–Crippen LogP) is 8.13. The van der Waals surface area contributed by atoms with Crippen molar-refractivity contribution >= 4 is 11.3 Å². The van der Waals surface area contributed by atoms with Crippen LogP contribution in [0.3, 0.4) is 0 Å². The lowest BCUT2D eigenvalue weighted by Gasteiger charge is -2.19. The van der Waals surface area contributed by atoms with E-state index < -0.39 is 12.8 Å². The minimum Gasteiger partial charge on any atom is -0.483 e. The van der Waals surface area contributed by atoms with Crippen molar-refractivity contribution in [1.82, 2.24) is 10.3 Å². The van der Waals surface area contributed by atoms with E-state index >= 15 is 0 Å². The Hall–Kier alpha value is -2.76. The van der Waals surface area contributed by atoms with Crippen molar-refractivity contribution in [2.75, 3.05) is 6.61 Å². The SMILES string of the molecule is C=C(NC(C)c1ccc(OCC(F)(F)F)cn1)c1ccc(C)c(/C(C)=C(/C)C(C)C)c1.CC. The molecule has 1 N–H and O–H groups in total. The summed E-state index contributed by atoms with van der Waals surface area (Å²) < 4.78 is 41.5. The molecule has 0 fully saturated rings. The van der Waals surface area contributed by atoms with Gasteiger partial charge in [-0.2, -0.15) is 13.2 Å². The highest BCUT2D eigenvalue weighted by molar-refractivity contribution is 5.74. The Morgan fingerprint density at radius 1 is 1.09 bits per heavy atom. The zero-order valence-corrected chi connectivity index (χ0v) is 21.0. The summed E-state index contributed by atoms with van der Waals surface area (Å²) in [6.07, 6.45) is -3.08. The van der Waals surface area contributed by atoms with Gasteiger partial charge < -0.3 is 10.1 Å². The third kappa shape index (κ3) is 8.60. The molecule has 1 aromatic heterocycles. The first-order chi connectivity index (χ1) is 15.4. The zero-order chi connectivity index (χ0) is 25.3. The normalized spacial score (nSPS) is 13.0. The average Bonchev–Trinajstić information content (AvgIpc) is 2.78. The molecule has 1 atom stereocenters. The highest BCUT2D eigenvalue weighted by Crippen LogP contribution is 2.28. The van der Waals surface area contributed by atoms with Crippen LogP contribution < -0.4 is 10.1 Å². The molecule has 2 aromatic rings. The molecule has 2 rings (SSSR count). The molecule has 182 valence electrons. The summed E-state index contributed by atoms with van der Waals surface area (Å²) >= 11 is 0. The summed E-state index contributed by atoms with van der Waals surface area (Å²) in [6, 6.07) is 9.21. The second-order valence-corrected chi connectivity index (χ2v) is 8.16. The molecule has 0 radical (unpaired) electrons. The van der Waals surface area contributed by atoms with Gasteiger partial charge in [-0.15, -0.1) is 0 Å². The van der Waals surface area contributed by atoms with Gasteiger partial charge in [-0.05, 0) is 74.1 Å². The van der Waals surface area contributed by atoms with Crippen molar-refractivity contribution in [1.29, 1.82) is 0 Å². The van der Waals surface area contributed by atoms with Crippen molar-refractivity contribution in [3.8, 4) is 5.75 Å². The first kappa shape index (κ1) is 28.3. The summed E-state index contributed by atoms with van der Waals surface area (Å²) in [5, 5.41) is 3.33. The number of aryl methyl sites for hydroxylation is 1. The van der Waals surface area contributed by atoms with Gasteiger partial charge >= 0.3 is 6.18 Å². The van der Waals surface area contributed by atoms with Crippen molar-refractivity contribution in [3.63, 3.8) is 0 Å². The Balaban J connectivity index is 0.00000265. The fourth-order valence-corrected chi connectivity index (χ4v) is 3.18. The van der Waals surface area contributed by atoms with Gasteiger partial charge in [0.25, 0.3) is 0 Å². The lowest BCUT2D eigenvalue weighted by atomic mass is 9.91. The van der Waals surface area contributed by atoms with Crippen LogP contribution in [0.15, 0.2) is 48.7 Å². The number of allylic oxidation sites excluding steroid dienone is 2. The van der Waals surface area contributed by atoms with Crippen LogP contribution in [0.25, 0.3) is 11.3 Å². The molecule has 0 aliphatic rings. The third-order valence-electron chi connectivity index (χ3n) is 5.44. The number of hydrogen-bond donors (Lipinski definition) is 1. The first-order valence-corrected chi connectivity index (χ1v) is 11.3. The highest BCUT2D eigenvalue weighted by atomic mass is 19.4. The van der Waals surface area contributed by atoms with E-state index in [1.54, 1.807) is 6.07 Å². The first-order valence-electron chi connectivity index (χ1n) is 11.3. The molecule has 0 aliphatic heterocycles. The number of hydrogen-bond acceptors (Lipinski definition) is 3. The standard InChI is InChI=1S/C25H31F3N2O.C2H6/c1-15(2)17(4)18(5)23-12-21(9-8-16(23)3)19(6)30-20(7)24-11-10-22(13-29-24)31-14-25(26,27)28;1-2/h8-13,15,20,30H,6,14H2,1-5,7H3;1-2H3/b18-17-;. The van der Waals surface area contributed by atoms with Gasteiger partial charge in [-0.3, -0.25) is 4.98 Å². The summed E-state index contributed by atoms with van der Waals surface area (Å²) in [5.74, 6) is 0.552. The molecular weight excluding hydrogens is 425 g/mol. The van der Waals surface area contributed by atoms with Crippen LogP contribution in [0.2, 0.25) is 0 Å². The maximum Gasteiger partial charge on any atom is 0.422 e. The van der Waals surface area contributed by atoms with Crippen molar-refractivity contribution < 1.29 is 17.9 Å². The van der Waals surface area contributed by atoms with E-state index in [1.807, 2.05) is 26.8 Å². The lowest BCUT2D eigenvalue weighted by Crippen LogP contribution is -2.20. The van der Waals surface area contributed by atoms with Gasteiger partial charge in [0.05, 0.1) is 17.9 Å². The topological polar surface area (TPSA) is 34.1 Å². The van der Waals surface area contributed by atoms with E-state index in [0.717, 1.165) is 11.3 Å². The van der Waals surface area contributed by atoms with Gasteiger partial charge in [0, 0.05) is 5.70 Å². The number of ether oxygens (including phenoxy) is 1. The smallest absolute Gasteiger partial charge is 0.422 e. The number of pyridine rings is 1. The fourth-order valence-electron chi connectivity index (χ4n) is 3.18. The number of benzene rings is 1. The molecule has 0 bridgehead atoms. The molecule has 0 amide bonds. The van der Waals surface area contributed by atoms with Crippen LogP contribution in [0.5, 0.6) is 5.75 Å². The summed E-state index contributed by atoms with van der Waals surface area (Å²) in [7, 11) is 0. The van der Waals surface area contributed by atoms with Crippen LogP contribution in [0.1, 0.15) is 76.9 Å². The summed E-state index contributed by atoms with van der Waals surface area (Å²) in [6.45, 7) is 19.5. The van der Waals surface area contributed by atoms with E-state index in [0.29, 0.717) is 11.6 Å². The van der Waals surface area contributed by atoms with Crippen LogP contribution >= 0.6 is 0 Å².